The molecule has 1 aromatic carbocycles. The Morgan fingerprint density at radius 1 is 1.18 bits per heavy atom. The van der Waals surface area contributed by atoms with Gasteiger partial charge in [0.1, 0.15) is 6.04 Å². The molecular weight excluding hydrogens is 282 g/mol. The lowest BCUT2D eigenvalue weighted by Gasteiger charge is -2.22. The molecule has 1 aliphatic rings. The molecule has 1 aromatic heterocycles. The fraction of sp³-hybridized carbons (Fsp3) is 0.438. The number of benzene rings is 1. The van der Waals surface area contributed by atoms with E-state index in [1.807, 2.05) is 18.2 Å². The molecular formula is C16H19N3O3. The average molecular weight is 301 g/mol. The zero-order valence-electron chi connectivity index (χ0n) is 12.9. The topological polar surface area (TPSA) is 73.1 Å². The van der Waals surface area contributed by atoms with Crippen LogP contribution in [0, 0.1) is 0 Å². The quantitative estimate of drug-likeness (QED) is 0.853. The summed E-state index contributed by atoms with van der Waals surface area (Å²) in [7, 11) is 1.70. The van der Waals surface area contributed by atoms with E-state index < -0.39 is 11.9 Å². The highest BCUT2D eigenvalue weighted by molar-refractivity contribution is 6.00. The summed E-state index contributed by atoms with van der Waals surface area (Å²) in [6, 6.07) is 5.25. The number of imide groups is 1. The van der Waals surface area contributed by atoms with E-state index >= 15 is 0 Å². The SMILES string of the molecule is CC(C)c1ccc2c(c1)n(C1CCC(=O)NC1=O)c(=O)n2C. The fourth-order valence-corrected chi connectivity index (χ4v) is 2.97. The number of carbonyl (C=O) groups is 2. The molecule has 0 saturated carbocycles. The van der Waals surface area contributed by atoms with Crippen molar-refractivity contribution < 1.29 is 9.59 Å². The first-order valence-corrected chi connectivity index (χ1v) is 7.44. The molecule has 6 heteroatoms. The second-order valence-corrected chi connectivity index (χ2v) is 6.08. The normalized spacial score (nSPS) is 19.0. The van der Waals surface area contributed by atoms with Crippen molar-refractivity contribution in [3.63, 3.8) is 0 Å². The van der Waals surface area contributed by atoms with Gasteiger partial charge in [-0.3, -0.25) is 24.0 Å². The van der Waals surface area contributed by atoms with Gasteiger partial charge in [0.2, 0.25) is 11.8 Å². The van der Waals surface area contributed by atoms with Gasteiger partial charge in [-0.25, -0.2) is 4.79 Å². The number of nitrogens with one attached hydrogen (secondary N) is 1. The van der Waals surface area contributed by atoms with Crippen molar-refractivity contribution in [2.75, 3.05) is 0 Å². The van der Waals surface area contributed by atoms with Crippen LogP contribution in [0.3, 0.4) is 0 Å². The molecule has 22 heavy (non-hydrogen) atoms. The third kappa shape index (κ3) is 2.15. The Morgan fingerprint density at radius 3 is 2.55 bits per heavy atom. The number of piperidine rings is 1. The molecule has 2 aromatic rings. The lowest BCUT2D eigenvalue weighted by molar-refractivity contribution is -0.135. The summed E-state index contributed by atoms with van der Waals surface area (Å²) >= 11 is 0. The Kier molecular flexibility index (Phi) is 3.39. The van der Waals surface area contributed by atoms with Crippen molar-refractivity contribution in [2.24, 2.45) is 7.05 Å². The number of imidazole rings is 1. The third-order valence-corrected chi connectivity index (χ3v) is 4.30. The van der Waals surface area contributed by atoms with Crippen molar-refractivity contribution >= 4 is 22.8 Å². The Balaban J connectivity index is 2.22. The van der Waals surface area contributed by atoms with E-state index in [4.69, 9.17) is 0 Å². The molecule has 1 saturated heterocycles. The Bertz CT molecular complexity index is 829. The maximum Gasteiger partial charge on any atom is 0.329 e. The monoisotopic (exact) mass is 301 g/mol. The van der Waals surface area contributed by atoms with E-state index in [9.17, 15) is 14.4 Å². The van der Waals surface area contributed by atoms with Gasteiger partial charge in [-0.1, -0.05) is 19.9 Å². The minimum Gasteiger partial charge on any atom is -0.295 e. The number of hydrogen-bond donors (Lipinski definition) is 1. The first-order chi connectivity index (χ1) is 10.4. The van der Waals surface area contributed by atoms with Crippen LogP contribution in [0.4, 0.5) is 0 Å². The van der Waals surface area contributed by atoms with Crippen molar-refractivity contribution in [3.8, 4) is 0 Å². The first kappa shape index (κ1) is 14.6. The van der Waals surface area contributed by atoms with E-state index in [2.05, 4.69) is 19.2 Å². The van der Waals surface area contributed by atoms with Crippen molar-refractivity contribution in [1.82, 2.24) is 14.5 Å². The summed E-state index contributed by atoms with van der Waals surface area (Å²) in [5, 5.41) is 2.32. The maximum atomic E-state index is 12.6. The molecule has 0 radical (unpaired) electrons. The van der Waals surface area contributed by atoms with Crippen molar-refractivity contribution in [2.45, 2.75) is 38.6 Å². The number of nitrogens with zero attached hydrogens (tertiary/aromatic N) is 2. The van der Waals surface area contributed by atoms with E-state index in [1.165, 1.54) is 4.57 Å². The van der Waals surface area contributed by atoms with Crippen LogP contribution in [0.1, 0.15) is 44.2 Å². The molecule has 116 valence electrons. The molecule has 1 atom stereocenters. The number of carbonyl (C=O) groups excluding carboxylic acids is 2. The Hall–Kier alpha value is -2.37. The minimum atomic E-state index is -0.628. The predicted molar refractivity (Wildman–Crippen MR) is 82.7 cm³/mol. The highest BCUT2D eigenvalue weighted by Crippen LogP contribution is 2.25. The minimum absolute atomic E-state index is 0.231. The second-order valence-electron chi connectivity index (χ2n) is 6.08. The van der Waals surface area contributed by atoms with Crippen LogP contribution in [0.2, 0.25) is 0 Å². The molecule has 0 spiro atoms. The molecule has 0 aliphatic carbocycles. The van der Waals surface area contributed by atoms with E-state index in [0.717, 1.165) is 16.6 Å². The summed E-state index contributed by atoms with van der Waals surface area (Å²) in [6.07, 6.45) is 0.610. The summed E-state index contributed by atoms with van der Waals surface area (Å²) in [5.74, 6) is -0.354. The first-order valence-electron chi connectivity index (χ1n) is 7.44. The van der Waals surface area contributed by atoms with Gasteiger partial charge in [-0.2, -0.15) is 0 Å². The summed E-state index contributed by atoms with van der Waals surface area (Å²) in [4.78, 5) is 36.0. The molecule has 0 bridgehead atoms. The molecule has 6 nitrogen and oxygen atoms in total. The van der Waals surface area contributed by atoms with Gasteiger partial charge in [0.05, 0.1) is 11.0 Å². The fourth-order valence-electron chi connectivity index (χ4n) is 2.97. The van der Waals surface area contributed by atoms with Gasteiger partial charge >= 0.3 is 5.69 Å². The van der Waals surface area contributed by atoms with Gasteiger partial charge in [0.25, 0.3) is 0 Å². The largest absolute Gasteiger partial charge is 0.329 e. The van der Waals surface area contributed by atoms with Gasteiger partial charge in [-0.05, 0) is 30.0 Å². The van der Waals surface area contributed by atoms with Crippen LogP contribution in [-0.2, 0) is 16.6 Å². The summed E-state index contributed by atoms with van der Waals surface area (Å²) < 4.78 is 3.06. The molecule has 3 rings (SSSR count). The van der Waals surface area contributed by atoms with E-state index in [1.54, 1.807) is 11.6 Å². The number of amides is 2. The molecule has 2 amide bonds. The highest BCUT2D eigenvalue weighted by atomic mass is 16.2. The van der Waals surface area contributed by atoms with Crippen molar-refractivity contribution in [3.05, 3.63) is 34.2 Å². The Labute approximate surface area is 127 Å². The zero-order chi connectivity index (χ0) is 16.0. The predicted octanol–water partition coefficient (Wildman–Crippen LogP) is 1.44. The maximum absolute atomic E-state index is 12.6. The smallest absolute Gasteiger partial charge is 0.295 e. The number of fused-ring (bicyclic) bond motifs is 1. The van der Waals surface area contributed by atoms with Crippen LogP contribution in [0.5, 0.6) is 0 Å². The standard InChI is InChI=1S/C16H19N3O3/c1-9(2)10-4-5-11-13(8-10)19(16(22)18(11)3)12-6-7-14(20)17-15(12)21/h4-5,8-9,12H,6-7H2,1-3H3,(H,17,20,21). The summed E-state index contributed by atoms with van der Waals surface area (Å²) in [5.41, 5.74) is 2.41. The third-order valence-electron chi connectivity index (χ3n) is 4.30. The molecule has 1 aliphatic heterocycles. The van der Waals surface area contributed by atoms with Crippen molar-refractivity contribution in [1.29, 1.82) is 0 Å². The van der Waals surface area contributed by atoms with Crippen LogP contribution < -0.4 is 11.0 Å². The van der Waals surface area contributed by atoms with Crippen LogP contribution >= 0.6 is 0 Å². The molecule has 1 fully saturated rings. The molecule has 1 unspecified atom stereocenters. The van der Waals surface area contributed by atoms with Gasteiger partial charge in [-0.15, -0.1) is 0 Å². The molecule has 2 heterocycles. The second kappa shape index (κ2) is 5.12. The van der Waals surface area contributed by atoms with Crippen LogP contribution in [0.25, 0.3) is 11.0 Å². The average Bonchev–Trinajstić information content (AvgIpc) is 2.71. The zero-order valence-corrected chi connectivity index (χ0v) is 12.9. The lowest BCUT2D eigenvalue weighted by atomic mass is 10.0. The highest BCUT2D eigenvalue weighted by Gasteiger charge is 2.31. The number of aromatic nitrogens is 2. The number of hydrogen-bond acceptors (Lipinski definition) is 3. The lowest BCUT2D eigenvalue weighted by Crippen LogP contribution is -2.44. The van der Waals surface area contributed by atoms with Gasteiger partial charge in [0.15, 0.2) is 0 Å². The van der Waals surface area contributed by atoms with Crippen LogP contribution in [0.15, 0.2) is 23.0 Å². The van der Waals surface area contributed by atoms with Gasteiger partial charge < -0.3 is 0 Å². The number of aryl methyl sites for hydroxylation is 1. The molecule has 1 N–H and O–H groups in total. The Morgan fingerprint density at radius 2 is 1.91 bits per heavy atom. The van der Waals surface area contributed by atoms with Crippen LogP contribution in [-0.4, -0.2) is 20.9 Å². The van der Waals surface area contributed by atoms with E-state index in [0.29, 0.717) is 12.3 Å². The summed E-state index contributed by atoms with van der Waals surface area (Å²) in [6.45, 7) is 4.16. The number of rotatable bonds is 2. The van der Waals surface area contributed by atoms with Gasteiger partial charge in [0, 0.05) is 13.5 Å². The van der Waals surface area contributed by atoms with E-state index in [-0.39, 0.29) is 18.0 Å².